The first kappa shape index (κ1) is 14.1. The van der Waals surface area contributed by atoms with E-state index in [-0.39, 0.29) is 11.7 Å². The molecule has 0 aliphatic heterocycles. The molecule has 2 aromatic rings. The highest BCUT2D eigenvalue weighted by Gasteiger charge is 2.09. The first-order valence-electron chi connectivity index (χ1n) is 6.23. The van der Waals surface area contributed by atoms with E-state index in [2.05, 4.69) is 5.32 Å². The summed E-state index contributed by atoms with van der Waals surface area (Å²) in [6.07, 6.45) is 0. The number of carbonyl (C=O) groups is 1. The predicted octanol–water partition coefficient (Wildman–Crippen LogP) is 3.70. The van der Waals surface area contributed by atoms with Crippen molar-refractivity contribution >= 4 is 11.6 Å². The van der Waals surface area contributed by atoms with Crippen LogP contribution in [0.4, 0.5) is 10.1 Å². The molecule has 0 aliphatic rings. The number of hydrogen-bond donors (Lipinski definition) is 1. The quantitative estimate of drug-likeness (QED) is 0.926. The monoisotopic (exact) mass is 273 g/mol. The Balaban J connectivity index is 2.21. The van der Waals surface area contributed by atoms with Gasteiger partial charge in [-0.15, -0.1) is 0 Å². The molecular formula is C16H16FNO2. The molecule has 0 saturated heterocycles. The van der Waals surface area contributed by atoms with Crippen LogP contribution in [0.5, 0.6) is 5.75 Å². The summed E-state index contributed by atoms with van der Waals surface area (Å²) in [5.74, 6) is 0.00331. The molecule has 0 bridgehead atoms. The van der Waals surface area contributed by atoms with Crippen molar-refractivity contribution < 1.29 is 13.9 Å². The Morgan fingerprint density at radius 2 is 1.80 bits per heavy atom. The van der Waals surface area contributed by atoms with Gasteiger partial charge in [-0.2, -0.15) is 0 Å². The summed E-state index contributed by atoms with van der Waals surface area (Å²) in [7, 11) is 1.55. The molecule has 0 atom stereocenters. The van der Waals surface area contributed by atoms with Crippen LogP contribution < -0.4 is 10.1 Å². The molecule has 2 rings (SSSR count). The standard InChI is InChI=1S/C16H16FNO2/c1-10-5-7-13(9-14(10)17)18-16(19)12-6-4-11(2)15(8-12)20-3/h4-9H,1-3H3,(H,18,19). The third-order valence-corrected chi connectivity index (χ3v) is 3.10. The number of benzene rings is 2. The molecule has 104 valence electrons. The Labute approximate surface area is 117 Å². The number of carbonyl (C=O) groups excluding carboxylic acids is 1. The third kappa shape index (κ3) is 2.96. The van der Waals surface area contributed by atoms with Gasteiger partial charge in [0.2, 0.25) is 0 Å². The lowest BCUT2D eigenvalue weighted by molar-refractivity contribution is 0.102. The van der Waals surface area contributed by atoms with Crippen molar-refractivity contribution in [2.45, 2.75) is 13.8 Å². The Morgan fingerprint density at radius 3 is 2.45 bits per heavy atom. The minimum atomic E-state index is -0.343. The summed E-state index contributed by atoms with van der Waals surface area (Å²) in [6.45, 7) is 3.57. The second-order valence-corrected chi connectivity index (χ2v) is 4.60. The van der Waals surface area contributed by atoms with Crippen molar-refractivity contribution in [3.63, 3.8) is 0 Å². The zero-order valence-electron chi connectivity index (χ0n) is 11.7. The summed E-state index contributed by atoms with van der Waals surface area (Å²) in [5, 5.41) is 2.66. The maximum absolute atomic E-state index is 13.4. The lowest BCUT2D eigenvalue weighted by Gasteiger charge is -2.09. The highest BCUT2D eigenvalue weighted by Crippen LogP contribution is 2.20. The van der Waals surface area contributed by atoms with E-state index >= 15 is 0 Å². The largest absolute Gasteiger partial charge is 0.496 e. The number of nitrogens with one attached hydrogen (secondary N) is 1. The maximum Gasteiger partial charge on any atom is 0.255 e. The van der Waals surface area contributed by atoms with Gasteiger partial charge in [0.1, 0.15) is 11.6 Å². The SMILES string of the molecule is COc1cc(C(=O)Nc2ccc(C)c(F)c2)ccc1C. The van der Waals surface area contributed by atoms with E-state index in [1.54, 1.807) is 38.3 Å². The predicted molar refractivity (Wildman–Crippen MR) is 76.8 cm³/mol. The van der Waals surface area contributed by atoms with Crippen molar-refractivity contribution in [3.05, 3.63) is 58.9 Å². The average Bonchev–Trinajstić information content (AvgIpc) is 2.43. The minimum absolute atomic E-state index is 0.299. The topological polar surface area (TPSA) is 38.3 Å². The van der Waals surface area contributed by atoms with Crippen LogP contribution in [0, 0.1) is 19.7 Å². The number of aryl methyl sites for hydroxylation is 2. The second-order valence-electron chi connectivity index (χ2n) is 4.60. The van der Waals surface area contributed by atoms with E-state index in [0.717, 1.165) is 5.56 Å². The number of hydrogen-bond acceptors (Lipinski definition) is 2. The van der Waals surface area contributed by atoms with E-state index in [0.29, 0.717) is 22.6 Å². The Kier molecular flexibility index (Phi) is 4.03. The van der Waals surface area contributed by atoms with Crippen LogP contribution in [0.2, 0.25) is 0 Å². The van der Waals surface area contributed by atoms with Gasteiger partial charge in [0.25, 0.3) is 5.91 Å². The maximum atomic E-state index is 13.4. The van der Waals surface area contributed by atoms with E-state index in [9.17, 15) is 9.18 Å². The van der Waals surface area contributed by atoms with Gasteiger partial charge >= 0.3 is 0 Å². The molecule has 1 amide bonds. The smallest absolute Gasteiger partial charge is 0.255 e. The van der Waals surface area contributed by atoms with Crippen molar-refractivity contribution in [2.24, 2.45) is 0 Å². The number of halogens is 1. The highest BCUT2D eigenvalue weighted by molar-refractivity contribution is 6.04. The molecular weight excluding hydrogens is 257 g/mol. The second kappa shape index (κ2) is 5.74. The fourth-order valence-corrected chi connectivity index (χ4v) is 1.84. The fourth-order valence-electron chi connectivity index (χ4n) is 1.84. The third-order valence-electron chi connectivity index (χ3n) is 3.10. The Bertz CT molecular complexity index is 653. The van der Waals surface area contributed by atoms with Crippen LogP contribution in [0.25, 0.3) is 0 Å². The van der Waals surface area contributed by atoms with Crippen molar-refractivity contribution in [1.82, 2.24) is 0 Å². The molecule has 20 heavy (non-hydrogen) atoms. The first-order chi connectivity index (χ1) is 9.51. The van der Waals surface area contributed by atoms with Gasteiger partial charge in [0.15, 0.2) is 0 Å². The van der Waals surface area contributed by atoms with Gasteiger partial charge in [-0.1, -0.05) is 12.1 Å². The highest BCUT2D eigenvalue weighted by atomic mass is 19.1. The van der Waals surface area contributed by atoms with Gasteiger partial charge in [0.05, 0.1) is 7.11 Å². The van der Waals surface area contributed by atoms with E-state index in [4.69, 9.17) is 4.74 Å². The lowest BCUT2D eigenvalue weighted by Crippen LogP contribution is -2.12. The molecule has 2 aromatic carbocycles. The van der Waals surface area contributed by atoms with Crippen molar-refractivity contribution in [2.75, 3.05) is 12.4 Å². The van der Waals surface area contributed by atoms with Gasteiger partial charge in [-0.25, -0.2) is 4.39 Å². The summed E-state index contributed by atoms with van der Waals surface area (Å²) < 4.78 is 18.6. The van der Waals surface area contributed by atoms with Gasteiger partial charge in [0, 0.05) is 11.3 Å². The van der Waals surface area contributed by atoms with E-state index in [1.165, 1.54) is 6.07 Å². The van der Waals surface area contributed by atoms with E-state index in [1.807, 2.05) is 13.0 Å². The number of methoxy groups -OCH3 is 1. The summed E-state index contributed by atoms with van der Waals surface area (Å²) in [5.41, 5.74) is 2.39. The van der Waals surface area contributed by atoms with E-state index < -0.39 is 0 Å². The van der Waals surface area contributed by atoms with Crippen LogP contribution in [0.1, 0.15) is 21.5 Å². The van der Waals surface area contributed by atoms with Crippen molar-refractivity contribution in [3.8, 4) is 5.75 Å². The average molecular weight is 273 g/mol. The zero-order valence-corrected chi connectivity index (χ0v) is 11.7. The van der Waals surface area contributed by atoms with Crippen LogP contribution >= 0.6 is 0 Å². The molecule has 0 spiro atoms. The van der Waals surface area contributed by atoms with Gasteiger partial charge in [-0.3, -0.25) is 4.79 Å². The molecule has 0 aromatic heterocycles. The molecule has 0 radical (unpaired) electrons. The molecule has 0 heterocycles. The Morgan fingerprint density at radius 1 is 1.10 bits per heavy atom. The van der Waals surface area contributed by atoms with Crippen LogP contribution in [0.15, 0.2) is 36.4 Å². The number of rotatable bonds is 3. The lowest BCUT2D eigenvalue weighted by atomic mass is 10.1. The van der Waals surface area contributed by atoms with Gasteiger partial charge in [-0.05, 0) is 49.2 Å². The number of amides is 1. The summed E-state index contributed by atoms with van der Waals surface area (Å²) >= 11 is 0. The number of ether oxygens (including phenoxy) is 1. The van der Waals surface area contributed by atoms with Crippen molar-refractivity contribution in [1.29, 1.82) is 0 Å². The molecule has 1 N–H and O–H groups in total. The first-order valence-corrected chi connectivity index (χ1v) is 6.23. The molecule has 0 unspecified atom stereocenters. The summed E-state index contributed by atoms with van der Waals surface area (Å²) in [6, 6.07) is 9.78. The summed E-state index contributed by atoms with van der Waals surface area (Å²) in [4.78, 5) is 12.1. The molecule has 4 heteroatoms. The fraction of sp³-hybridized carbons (Fsp3) is 0.188. The van der Waals surface area contributed by atoms with Crippen LogP contribution in [-0.2, 0) is 0 Å². The zero-order chi connectivity index (χ0) is 14.7. The minimum Gasteiger partial charge on any atom is -0.496 e. The molecule has 3 nitrogen and oxygen atoms in total. The normalized spacial score (nSPS) is 10.2. The molecule has 0 aliphatic carbocycles. The molecule has 0 saturated carbocycles. The molecule has 0 fully saturated rings. The van der Waals surface area contributed by atoms with Crippen LogP contribution in [-0.4, -0.2) is 13.0 Å². The Hall–Kier alpha value is -2.36. The van der Waals surface area contributed by atoms with Gasteiger partial charge < -0.3 is 10.1 Å². The number of anilines is 1. The van der Waals surface area contributed by atoms with Crippen LogP contribution in [0.3, 0.4) is 0 Å².